The summed E-state index contributed by atoms with van der Waals surface area (Å²) in [5.41, 5.74) is 5.92. The molecule has 1 aliphatic heterocycles. The summed E-state index contributed by atoms with van der Waals surface area (Å²) in [7, 11) is 0. The number of hydrogen-bond acceptors (Lipinski definition) is 4. The summed E-state index contributed by atoms with van der Waals surface area (Å²) in [5, 5.41) is 4.17. The van der Waals surface area contributed by atoms with Gasteiger partial charge in [-0.2, -0.15) is 0 Å². The van der Waals surface area contributed by atoms with Gasteiger partial charge in [-0.25, -0.2) is 0 Å². The Balaban J connectivity index is 1.05. The van der Waals surface area contributed by atoms with Crippen molar-refractivity contribution in [2.24, 2.45) is 5.92 Å². The van der Waals surface area contributed by atoms with Crippen LogP contribution in [0.4, 0.5) is 5.69 Å². The van der Waals surface area contributed by atoms with Gasteiger partial charge in [0.15, 0.2) is 0 Å². The van der Waals surface area contributed by atoms with E-state index in [1.807, 2.05) is 30.3 Å². The number of rotatable bonds is 7. The zero-order valence-corrected chi connectivity index (χ0v) is 20.5. The molecule has 5 nitrogen and oxygen atoms in total. The van der Waals surface area contributed by atoms with E-state index in [-0.39, 0.29) is 5.91 Å². The van der Waals surface area contributed by atoms with E-state index in [2.05, 4.69) is 52.1 Å². The number of fused-ring (bicyclic) bond motifs is 1. The third kappa shape index (κ3) is 4.80. The molecule has 5 heteroatoms. The summed E-state index contributed by atoms with van der Waals surface area (Å²) in [4.78, 5) is 22.4. The summed E-state index contributed by atoms with van der Waals surface area (Å²) in [6, 6.07) is 16.7. The number of nitrogens with one attached hydrogen (secondary N) is 1. The predicted molar refractivity (Wildman–Crippen MR) is 140 cm³/mol. The van der Waals surface area contributed by atoms with Crippen LogP contribution in [0, 0.1) is 12.8 Å². The monoisotopic (exact) mass is 456 g/mol. The topological polar surface area (TPSA) is 48.5 Å². The molecule has 2 aromatic carbocycles. The lowest BCUT2D eigenvalue weighted by atomic mass is 9.78. The largest absolute Gasteiger partial charge is 0.369 e. The second kappa shape index (κ2) is 10.1. The van der Waals surface area contributed by atoms with Crippen LogP contribution in [-0.2, 0) is 6.42 Å². The quantitative estimate of drug-likeness (QED) is 0.553. The molecule has 34 heavy (non-hydrogen) atoms. The number of hydrogen-bond donors (Lipinski definition) is 1. The molecule has 5 rings (SSSR count). The molecule has 0 bridgehead atoms. The van der Waals surface area contributed by atoms with E-state index in [0.717, 1.165) is 67.8 Å². The Morgan fingerprint density at radius 2 is 1.82 bits per heavy atom. The Hall–Kier alpha value is -2.92. The molecule has 0 radical (unpaired) electrons. The lowest BCUT2D eigenvalue weighted by Crippen LogP contribution is -2.48. The molecule has 2 aliphatic rings. The molecule has 1 aliphatic carbocycles. The fourth-order valence-electron chi connectivity index (χ4n) is 5.63. The SMILES string of the molecule is CCc1cccc(N2CCN(CCC3CC(NC(=O)c4cccc5ncccc45)C3)CC2)c1C. The van der Waals surface area contributed by atoms with E-state index >= 15 is 0 Å². The highest BCUT2D eigenvalue weighted by molar-refractivity contribution is 6.06. The zero-order valence-electron chi connectivity index (χ0n) is 20.5. The molecule has 0 unspecified atom stereocenters. The minimum atomic E-state index is 0.0283. The van der Waals surface area contributed by atoms with Gasteiger partial charge in [-0.1, -0.05) is 31.2 Å². The van der Waals surface area contributed by atoms with Gasteiger partial charge in [-0.15, -0.1) is 0 Å². The van der Waals surface area contributed by atoms with Crippen molar-refractivity contribution in [1.29, 1.82) is 0 Å². The molecule has 1 saturated heterocycles. The third-order valence-corrected chi connectivity index (χ3v) is 7.83. The first-order valence-electron chi connectivity index (χ1n) is 12.8. The van der Waals surface area contributed by atoms with Crippen molar-refractivity contribution in [1.82, 2.24) is 15.2 Å². The minimum absolute atomic E-state index is 0.0283. The van der Waals surface area contributed by atoms with E-state index in [1.54, 1.807) is 6.20 Å². The van der Waals surface area contributed by atoms with Crippen molar-refractivity contribution in [2.75, 3.05) is 37.6 Å². The number of carbonyl (C=O) groups excluding carboxylic acids is 1. The lowest BCUT2D eigenvalue weighted by Gasteiger charge is -2.40. The zero-order chi connectivity index (χ0) is 23.5. The number of aryl methyl sites for hydroxylation is 1. The summed E-state index contributed by atoms with van der Waals surface area (Å²) in [6.07, 6.45) is 6.29. The lowest BCUT2D eigenvalue weighted by molar-refractivity contribution is 0.0879. The van der Waals surface area contributed by atoms with E-state index in [0.29, 0.717) is 6.04 Å². The van der Waals surface area contributed by atoms with E-state index in [1.165, 1.54) is 29.8 Å². The van der Waals surface area contributed by atoms with Crippen LogP contribution in [0.15, 0.2) is 54.7 Å². The Kier molecular flexibility index (Phi) is 6.82. The van der Waals surface area contributed by atoms with Crippen molar-refractivity contribution in [3.05, 3.63) is 71.4 Å². The normalized spacial score (nSPS) is 20.8. The molecular weight excluding hydrogens is 420 g/mol. The second-order valence-electron chi connectivity index (χ2n) is 9.92. The molecule has 2 fully saturated rings. The molecule has 178 valence electrons. The number of nitrogens with zero attached hydrogens (tertiary/aromatic N) is 3. The molecular formula is C29H36N4O. The average molecular weight is 457 g/mol. The number of piperazine rings is 1. The first-order chi connectivity index (χ1) is 16.6. The number of pyridine rings is 1. The fourth-order valence-corrected chi connectivity index (χ4v) is 5.63. The highest BCUT2D eigenvalue weighted by Crippen LogP contribution is 2.31. The molecule has 3 aromatic rings. The summed E-state index contributed by atoms with van der Waals surface area (Å²) in [6.45, 7) is 10.2. The van der Waals surface area contributed by atoms with Crippen molar-refractivity contribution in [2.45, 2.75) is 45.6 Å². The van der Waals surface area contributed by atoms with Crippen LogP contribution in [-0.4, -0.2) is 54.6 Å². The highest BCUT2D eigenvalue weighted by Gasteiger charge is 2.31. The molecule has 1 amide bonds. The van der Waals surface area contributed by atoms with Gasteiger partial charge in [0, 0.05) is 55.1 Å². The average Bonchev–Trinajstić information content (AvgIpc) is 2.85. The van der Waals surface area contributed by atoms with Gasteiger partial charge in [0.25, 0.3) is 5.91 Å². The second-order valence-corrected chi connectivity index (χ2v) is 9.92. The Labute approximate surface area is 203 Å². The summed E-state index contributed by atoms with van der Waals surface area (Å²) >= 11 is 0. The molecule has 1 saturated carbocycles. The Morgan fingerprint density at radius 1 is 1.03 bits per heavy atom. The standard InChI is InChI=1S/C29H36N4O/c1-3-23-7-4-11-28(21(23)2)33-17-15-32(16-18-33)14-12-22-19-24(20-22)31-29(34)26-8-5-10-27-25(26)9-6-13-30-27/h4-11,13,22,24H,3,12,14-20H2,1-2H3,(H,31,34). The summed E-state index contributed by atoms with van der Waals surface area (Å²) < 4.78 is 0. The Morgan fingerprint density at radius 3 is 2.62 bits per heavy atom. The fraction of sp³-hybridized carbons (Fsp3) is 0.448. The minimum Gasteiger partial charge on any atom is -0.369 e. The number of anilines is 1. The van der Waals surface area contributed by atoms with Gasteiger partial charge < -0.3 is 10.2 Å². The van der Waals surface area contributed by atoms with Crippen LogP contribution in [0.25, 0.3) is 10.9 Å². The predicted octanol–water partition coefficient (Wildman–Crippen LogP) is 4.83. The van der Waals surface area contributed by atoms with Gasteiger partial charge in [0.2, 0.25) is 0 Å². The summed E-state index contributed by atoms with van der Waals surface area (Å²) in [5.74, 6) is 0.751. The van der Waals surface area contributed by atoms with Gasteiger partial charge >= 0.3 is 0 Å². The maximum absolute atomic E-state index is 12.8. The Bertz CT molecular complexity index is 1140. The molecule has 0 spiro atoms. The highest BCUT2D eigenvalue weighted by atomic mass is 16.1. The van der Waals surface area contributed by atoms with Gasteiger partial charge in [-0.3, -0.25) is 14.7 Å². The van der Waals surface area contributed by atoms with Gasteiger partial charge in [-0.05, 0) is 80.5 Å². The molecule has 1 N–H and O–H groups in total. The van der Waals surface area contributed by atoms with E-state index < -0.39 is 0 Å². The molecule has 1 aromatic heterocycles. The maximum Gasteiger partial charge on any atom is 0.252 e. The van der Waals surface area contributed by atoms with Crippen LogP contribution < -0.4 is 10.2 Å². The van der Waals surface area contributed by atoms with Crippen LogP contribution in [0.5, 0.6) is 0 Å². The number of amides is 1. The van der Waals surface area contributed by atoms with Crippen molar-refractivity contribution in [3.63, 3.8) is 0 Å². The maximum atomic E-state index is 12.8. The third-order valence-electron chi connectivity index (χ3n) is 7.83. The van der Waals surface area contributed by atoms with Crippen molar-refractivity contribution in [3.8, 4) is 0 Å². The van der Waals surface area contributed by atoms with Crippen LogP contribution in [0.2, 0.25) is 0 Å². The van der Waals surface area contributed by atoms with Gasteiger partial charge in [0.1, 0.15) is 0 Å². The number of carbonyl (C=O) groups is 1. The number of aromatic nitrogens is 1. The first-order valence-corrected chi connectivity index (χ1v) is 12.8. The van der Waals surface area contributed by atoms with Crippen LogP contribution in [0.1, 0.15) is 47.7 Å². The molecule has 2 heterocycles. The van der Waals surface area contributed by atoms with Crippen molar-refractivity contribution >= 4 is 22.5 Å². The van der Waals surface area contributed by atoms with Gasteiger partial charge in [0.05, 0.1) is 5.52 Å². The smallest absolute Gasteiger partial charge is 0.252 e. The van der Waals surface area contributed by atoms with Crippen LogP contribution in [0.3, 0.4) is 0 Å². The molecule has 0 atom stereocenters. The number of benzene rings is 2. The first kappa shape index (κ1) is 22.9. The van der Waals surface area contributed by atoms with E-state index in [4.69, 9.17) is 0 Å². The van der Waals surface area contributed by atoms with Crippen LogP contribution >= 0.6 is 0 Å². The van der Waals surface area contributed by atoms with Crippen molar-refractivity contribution < 1.29 is 4.79 Å². The van der Waals surface area contributed by atoms with E-state index in [9.17, 15) is 4.79 Å².